The molecule has 4 atom stereocenters. The Kier molecular flexibility index (Phi) is 13.4. The number of ketones is 1. The van der Waals surface area contributed by atoms with Crippen LogP contribution in [0.5, 0.6) is 0 Å². The SMILES string of the molecule is C=CC(C(=C)NCCC(=O)CC(C1=CCCC=C1)c1ccccc1)C(C)CC(C#CC)NC(=O)CNC=O. The van der Waals surface area contributed by atoms with Crippen molar-refractivity contribution in [3.05, 3.63) is 84.6 Å². The molecule has 1 aliphatic rings. The van der Waals surface area contributed by atoms with Gasteiger partial charge in [0.25, 0.3) is 0 Å². The van der Waals surface area contributed by atoms with Crippen LogP contribution in [0.3, 0.4) is 0 Å². The lowest BCUT2D eigenvalue weighted by Gasteiger charge is -2.26. The Balaban J connectivity index is 1.90. The van der Waals surface area contributed by atoms with E-state index in [1.807, 2.05) is 24.3 Å². The van der Waals surface area contributed by atoms with Crippen molar-refractivity contribution in [1.82, 2.24) is 16.0 Å². The lowest BCUT2D eigenvalue weighted by Crippen LogP contribution is -2.41. The second-order valence-corrected chi connectivity index (χ2v) is 9.58. The van der Waals surface area contributed by atoms with E-state index in [1.165, 1.54) is 5.57 Å². The van der Waals surface area contributed by atoms with Crippen LogP contribution in [0.4, 0.5) is 0 Å². The molecule has 1 aliphatic carbocycles. The summed E-state index contributed by atoms with van der Waals surface area (Å²) in [6.45, 7) is 12.4. The van der Waals surface area contributed by atoms with Crippen molar-refractivity contribution in [2.45, 2.75) is 57.9 Å². The molecule has 0 spiro atoms. The van der Waals surface area contributed by atoms with Crippen LogP contribution in [-0.4, -0.2) is 37.2 Å². The molecule has 1 aromatic rings. The normalized spacial score (nSPS) is 15.4. The van der Waals surface area contributed by atoms with Crippen LogP contribution < -0.4 is 16.0 Å². The molecule has 6 nitrogen and oxygen atoms in total. The lowest BCUT2D eigenvalue weighted by molar-refractivity contribution is -0.122. The molecule has 1 aromatic carbocycles. The molecular weight excluding hydrogens is 474 g/mol. The largest absolute Gasteiger partial charge is 0.388 e. The molecule has 3 N–H and O–H groups in total. The molecule has 202 valence electrons. The second-order valence-electron chi connectivity index (χ2n) is 9.58. The molecular formula is C32H41N3O3. The monoisotopic (exact) mass is 515 g/mol. The molecule has 0 radical (unpaired) electrons. The van der Waals surface area contributed by atoms with E-state index in [1.54, 1.807) is 6.92 Å². The van der Waals surface area contributed by atoms with E-state index in [0.29, 0.717) is 32.2 Å². The van der Waals surface area contributed by atoms with Crippen LogP contribution in [0.2, 0.25) is 0 Å². The van der Waals surface area contributed by atoms with E-state index in [9.17, 15) is 14.4 Å². The van der Waals surface area contributed by atoms with Crippen LogP contribution >= 0.6 is 0 Å². The minimum absolute atomic E-state index is 0.0640. The molecule has 2 rings (SSSR count). The fraction of sp³-hybridized carbons (Fsp3) is 0.406. The first kappa shape index (κ1) is 30.4. The smallest absolute Gasteiger partial charge is 0.240 e. The van der Waals surface area contributed by atoms with Gasteiger partial charge in [0.05, 0.1) is 12.6 Å². The summed E-state index contributed by atoms with van der Waals surface area (Å²) >= 11 is 0. The first-order valence-corrected chi connectivity index (χ1v) is 13.3. The van der Waals surface area contributed by atoms with Crippen molar-refractivity contribution in [2.24, 2.45) is 11.8 Å². The number of nitrogens with one attached hydrogen (secondary N) is 3. The third-order valence-corrected chi connectivity index (χ3v) is 6.69. The third-order valence-electron chi connectivity index (χ3n) is 6.69. The summed E-state index contributed by atoms with van der Waals surface area (Å²) in [4.78, 5) is 35.5. The summed E-state index contributed by atoms with van der Waals surface area (Å²) in [6.07, 6.45) is 12.4. The number of hydrogen-bond donors (Lipinski definition) is 3. The Hall–Kier alpha value is -3.85. The van der Waals surface area contributed by atoms with Gasteiger partial charge in [-0.2, -0.15) is 0 Å². The summed E-state index contributed by atoms with van der Waals surface area (Å²) in [5.74, 6) is 5.87. The fourth-order valence-electron chi connectivity index (χ4n) is 4.76. The predicted molar refractivity (Wildman–Crippen MR) is 154 cm³/mol. The Bertz CT molecular complexity index is 1080. The zero-order chi connectivity index (χ0) is 27.8. The summed E-state index contributed by atoms with van der Waals surface area (Å²) in [6, 6.07) is 9.86. The van der Waals surface area contributed by atoms with E-state index in [-0.39, 0.29) is 42.0 Å². The molecule has 0 heterocycles. The molecule has 0 saturated heterocycles. The second kappa shape index (κ2) is 16.8. The number of hydrogen-bond acceptors (Lipinski definition) is 4. The highest BCUT2D eigenvalue weighted by molar-refractivity contribution is 5.80. The number of carbonyl (C=O) groups excluding carboxylic acids is 3. The topological polar surface area (TPSA) is 87.3 Å². The standard InChI is InChI=1S/C32H41N3O3/c1-5-13-28(35-32(38)22-33-23-36)20-24(3)30(6-2)25(4)34-19-18-29(37)21-31(26-14-9-7-10-15-26)27-16-11-8-12-17-27/h6-7,9-11,14-17,23-24,28,30-31,34H,2,4,8,12,18-22H2,1,3H3,(H,33,36)(H,35,38). The first-order valence-electron chi connectivity index (χ1n) is 13.3. The Morgan fingerprint density at radius 1 is 1.18 bits per heavy atom. The zero-order valence-electron chi connectivity index (χ0n) is 22.7. The van der Waals surface area contributed by atoms with Crippen molar-refractivity contribution in [2.75, 3.05) is 13.1 Å². The van der Waals surface area contributed by atoms with Crippen molar-refractivity contribution < 1.29 is 14.4 Å². The average Bonchev–Trinajstić information content (AvgIpc) is 2.92. The van der Waals surface area contributed by atoms with Gasteiger partial charge in [-0.15, -0.1) is 12.5 Å². The molecule has 0 aliphatic heterocycles. The molecule has 4 unspecified atom stereocenters. The van der Waals surface area contributed by atoms with Gasteiger partial charge in [-0.05, 0) is 43.2 Å². The van der Waals surface area contributed by atoms with Crippen molar-refractivity contribution in [3.8, 4) is 11.8 Å². The van der Waals surface area contributed by atoms with Gasteiger partial charge >= 0.3 is 0 Å². The van der Waals surface area contributed by atoms with E-state index >= 15 is 0 Å². The predicted octanol–water partition coefficient (Wildman–Crippen LogP) is 4.58. The lowest BCUT2D eigenvalue weighted by atomic mass is 9.84. The van der Waals surface area contributed by atoms with E-state index in [0.717, 1.165) is 24.1 Å². The molecule has 0 fully saturated rings. The van der Waals surface area contributed by atoms with E-state index in [2.05, 4.69) is 78.2 Å². The summed E-state index contributed by atoms with van der Waals surface area (Å²) in [5.41, 5.74) is 3.16. The highest BCUT2D eigenvalue weighted by Crippen LogP contribution is 2.32. The Morgan fingerprint density at radius 2 is 1.95 bits per heavy atom. The number of amides is 2. The van der Waals surface area contributed by atoms with Gasteiger partial charge in [0, 0.05) is 36.9 Å². The van der Waals surface area contributed by atoms with Gasteiger partial charge in [0.15, 0.2) is 0 Å². The minimum atomic E-state index is -0.356. The highest BCUT2D eigenvalue weighted by Gasteiger charge is 2.23. The van der Waals surface area contributed by atoms with Gasteiger partial charge in [0.1, 0.15) is 5.78 Å². The summed E-state index contributed by atoms with van der Waals surface area (Å²) in [5, 5.41) is 8.53. The van der Waals surface area contributed by atoms with E-state index < -0.39 is 0 Å². The Labute approximate surface area is 227 Å². The van der Waals surface area contributed by atoms with Crippen molar-refractivity contribution in [1.29, 1.82) is 0 Å². The van der Waals surface area contributed by atoms with Crippen molar-refractivity contribution in [3.63, 3.8) is 0 Å². The van der Waals surface area contributed by atoms with Gasteiger partial charge in [0.2, 0.25) is 12.3 Å². The summed E-state index contributed by atoms with van der Waals surface area (Å²) < 4.78 is 0. The van der Waals surface area contributed by atoms with Crippen LogP contribution in [0, 0.1) is 23.7 Å². The van der Waals surface area contributed by atoms with Gasteiger partial charge in [-0.25, -0.2) is 0 Å². The number of rotatable bonds is 17. The minimum Gasteiger partial charge on any atom is -0.388 e. The van der Waals surface area contributed by atoms with Crippen LogP contribution in [-0.2, 0) is 14.4 Å². The zero-order valence-corrected chi connectivity index (χ0v) is 22.7. The van der Waals surface area contributed by atoms with Crippen LogP contribution in [0.25, 0.3) is 0 Å². The number of carbonyl (C=O) groups is 3. The molecule has 2 amide bonds. The van der Waals surface area contributed by atoms with Gasteiger partial charge in [-0.1, -0.05) is 74.1 Å². The quantitative estimate of drug-likeness (QED) is 0.161. The Morgan fingerprint density at radius 3 is 2.58 bits per heavy atom. The average molecular weight is 516 g/mol. The van der Waals surface area contributed by atoms with Crippen LogP contribution in [0.1, 0.15) is 57.4 Å². The molecule has 38 heavy (non-hydrogen) atoms. The first-order chi connectivity index (χ1) is 18.4. The highest BCUT2D eigenvalue weighted by atomic mass is 16.2. The molecule has 0 aromatic heterocycles. The molecule has 6 heteroatoms. The number of allylic oxidation sites excluding steroid dienone is 5. The maximum atomic E-state index is 13.0. The molecule has 0 bridgehead atoms. The van der Waals surface area contributed by atoms with Crippen molar-refractivity contribution >= 4 is 18.1 Å². The fourth-order valence-corrected chi connectivity index (χ4v) is 4.76. The van der Waals surface area contributed by atoms with E-state index in [4.69, 9.17) is 0 Å². The van der Waals surface area contributed by atoms with Gasteiger partial charge < -0.3 is 16.0 Å². The van der Waals surface area contributed by atoms with Crippen LogP contribution in [0.15, 0.2) is 79.1 Å². The van der Waals surface area contributed by atoms with Gasteiger partial charge in [-0.3, -0.25) is 14.4 Å². The maximum absolute atomic E-state index is 13.0. The third kappa shape index (κ3) is 10.3. The molecule has 0 saturated carbocycles. The number of Topliss-reactive ketones (excluding diaryl/α,β-unsaturated/α-hetero) is 1. The summed E-state index contributed by atoms with van der Waals surface area (Å²) in [7, 11) is 0. The maximum Gasteiger partial charge on any atom is 0.240 e. The number of benzene rings is 1.